The number of benzene rings is 1. The van der Waals surface area contributed by atoms with E-state index in [1.54, 1.807) is 0 Å². The van der Waals surface area contributed by atoms with Crippen LogP contribution in [-0.2, 0) is 13.0 Å². The summed E-state index contributed by atoms with van der Waals surface area (Å²) in [5.74, 6) is -3.99. The van der Waals surface area contributed by atoms with E-state index in [0.29, 0.717) is 0 Å². The molecule has 0 spiro atoms. The molecule has 0 amide bonds. The van der Waals surface area contributed by atoms with E-state index >= 15 is 0 Å². The highest BCUT2D eigenvalue weighted by atomic mass is 35.5. The Morgan fingerprint density at radius 2 is 1.86 bits per heavy atom. The Labute approximate surface area is 167 Å². The van der Waals surface area contributed by atoms with Crippen molar-refractivity contribution in [1.82, 2.24) is 14.3 Å². The Kier molecular flexibility index (Phi) is 6.30. The highest BCUT2D eigenvalue weighted by Gasteiger charge is 2.36. The lowest BCUT2D eigenvalue weighted by molar-refractivity contribution is -0.0475. The van der Waals surface area contributed by atoms with E-state index < -0.39 is 30.2 Å². The number of rotatable bonds is 6. The first-order valence-electron chi connectivity index (χ1n) is 9.00. The van der Waals surface area contributed by atoms with E-state index in [1.165, 1.54) is 12.1 Å². The van der Waals surface area contributed by atoms with Crippen molar-refractivity contribution in [1.29, 1.82) is 0 Å². The predicted octanol–water partition coefficient (Wildman–Crippen LogP) is 4.99. The number of hydrogen-bond acceptors (Lipinski definition) is 2. The molecule has 0 saturated heterocycles. The Balaban J connectivity index is 1.95. The third kappa shape index (κ3) is 4.79. The van der Waals surface area contributed by atoms with Gasteiger partial charge in [-0.25, -0.2) is 31.1 Å². The molecular formula is C18H18ClF6N3O. The molecule has 1 saturated carbocycles. The van der Waals surface area contributed by atoms with E-state index in [9.17, 15) is 31.1 Å². The lowest BCUT2D eigenvalue weighted by Gasteiger charge is -2.28. The second kappa shape index (κ2) is 8.41. The molecule has 1 heterocycles. The van der Waals surface area contributed by atoms with E-state index in [-0.39, 0.29) is 65.7 Å². The molecule has 1 unspecified atom stereocenters. The minimum absolute atomic E-state index is 0.00613. The van der Waals surface area contributed by atoms with E-state index in [1.807, 2.05) is 0 Å². The molecule has 0 bridgehead atoms. The molecule has 0 radical (unpaired) electrons. The van der Waals surface area contributed by atoms with Gasteiger partial charge in [0.1, 0.15) is 11.6 Å². The van der Waals surface area contributed by atoms with Gasteiger partial charge < -0.3 is 0 Å². The van der Waals surface area contributed by atoms with Gasteiger partial charge in [0.05, 0.1) is 0 Å². The zero-order valence-corrected chi connectivity index (χ0v) is 15.9. The van der Waals surface area contributed by atoms with Gasteiger partial charge in [-0.1, -0.05) is 17.7 Å². The molecule has 0 aliphatic heterocycles. The number of nitrogens with zero attached hydrogens (tertiary/aromatic N) is 3. The van der Waals surface area contributed by atoms with Crippen LogP contribution in [0.5, 0.6) is 0 Å². The fourth-order valence-corrected chi connectivity index (χ4v) is 3.67. The van der Waals surface area contributed by atoms with E-state index in [2.05, 4.69) is 5.10 Å². The lowest BCUT2D eigenvalue weighted by atomic mass is 9.86. The second-order valence-corrected chi connectivity index (χ2v) is 7.54. The first-order valence-corrected chi connectivity index (χ1v) is 9.38. The summed E-state index contributed by atoms with van der Waals surface area (Å²) in [5, 5.41) is 3.67. The minimum atomic E-state index is -3.49. The molecule has 160 valence electrons. The van der Waals surface area contributed by atoms with Gasteiger partial charge >= 0.3 is 5.69 Å². The molecular weight excluding hydrogens is 424 g/mol. The van der Waals surface area contributed by atoms with Crippen LogP contribution < -0.4 is 5.69 Å². The van der Waals surface area contributed by atoms with Crippen LogP contribution >= 0.6 is 11.6 Å². The van der Waals surface area contributed by atoms with Crippen molar-refractivity contribution in [2.45, 2.75) is 57.3 Å². The molecule has 1 aliphatic carbocycles. The summed E-state index contributed by atoms with van der Waals surface area (Å²) in [6.07, 6.45) is -7.32. The van der Waals surface area contributed by atoms with Crippen molar-refractivity contribution < 1.29 is 26.3 Å². The Bertz CT molecular complexity index is 899. The molecule has 1 aliphatic rings. The van der Waals surface area contributed by atoms with Gasteiger partial charge in [-0.3, -0.25) is 4.57 Å². The average Bonchev–Trinajstić information content (AvgIpc) is 2.95. The lowest BCUT2D eigenvalue weighted by Crippen LogP contribution is -2.33. The quantitative estimate of drug-likeness (QED) is 0.593. The summed E-state index contributed by atoms with van der Waals surface area (Å²) in [4.78, 5) is 12.5. The fraction of sp³-hybridized carbons (Fsp3) is 0.556. The summed E-state index contributed by atoms with van der Waals surface area (Å²) in [5.41, 5.74) is -1.17. The summed E-state index contributed by atoms with van der Waals surface area (Å²) in [7, 11) is 0. The van der Waals surface area contributed by atoms with Crippen molar-refractivity contribution in [2.24, 2.45) is 5.92 Å². The van der Waals surface area contributed by atoms with Crippen LogP contribution in [0.3, 0.4) is 0 Å². The average molecular weight is 442 g/mol. The molecule has 11 heteroatoms. The maximum absolute atomic E-state index is 14.1. The number of alkyl halides is 5. The third-order valence-electron chi connectivity index (χ3n) is 5.08. The topological polar surface area (TPSA) is 39.8 Å². The fourth-order valence-electron chi connectivity index (χ4n) is 3.44. The number of hydrogen-bond donors (Lipinski definition) is 0. The Hall–Kier alpha value is -1.97. The Morgan fingerprint density at radius 1 is 1.21 bits per heavy atom. The summed E-state index contributed by atoms with van der Waals surface area (Å²) in [6, 6.07) is 3.89. The molecule has 1 aromatic heterocycles. The van der Waals surface area contributed by atoms with Crippen molar-refractivity contribution >= 4 is 11.6 Å². The zero-order chi connectivity index (χ0) is 21.3. The van der Waals surface area contributed by atoms with Crippen LogP contribution in [-0.4, -0.2) is 26.7 Å². The molecule has 29 heavy (non-hydrogen) atoms. The standard InChI is InChI=1S/C18H18ClF6N3O/c19-12-2-1-3-13(20)11(12)8-14-26-28(16(23)15(21)22)17(29)27(14)9-10-4-6-18(24,25)7-5-10/h1-3,10,15-16H,4-9H2. The molecule has 4 nitrogen and oxygen atoms in total. The van der Waals surface area contributed by atoms with Gasteiger partial charge in [0.15, 0.2) is 0 Å². The third-order valence-corrected chi connectivity index (χ3v) is 5.43. The number of halogens is 7. The van der Waals surface area contributed by atoms with Gasteiger partial charge in [0, 0.05) is 36.4 Å². The highest BCUT2D eigenvalue weighted by molar-refractivity contribution is 6.31. The van der Waals surface area contributed by atoms with Crippen molar-refractivity contribution in [3.63, 3.8) is 0 Å². The maximum Gasteiger partial charge on any atom is 0.348 e. The summed E-state index contributed by atoms with van der Waals surface area (Å²) < 4.78 is 81.2. The molecule has 3 rings (SSSR count). The highest BCUT2D eigenvalue weighted by Crippen LogP contribution is 2.36. The van der Waals surface area contributed by atoms with Crippen molar-refractivity contribution in [2.75, 3.05) is 0 Å². The summed E-state index contributed by atoms with van der Waals surface area (Å²) in [6.45, 7) is -0.105. The normalized spacial score (nSPS) is 18.3. The van der Waals surface area contributed by atoms with Gasteiger partial charge in [0.25, 0.3) is 12.7 Å². The van der Waals surface area contributed by atoms with Crippen LogP contribution in [0.25, 0.3) is 0 Å². The van der Waals surface area contributed by atoms with Crippen LogP contribution in [0.2, 0.25) is 5.02 Å². The van der Waals surface area contributed by atoms with Gasteiger partial charge in [-0.05, 0) is 30.9 Å². The van der Waals surface area contributed by atoms with Crippen LogP contribution in [0.1, 0.15) is 43.4 Å². The monoisotopic (exact) mass is 441 g/mol. The zero-order valence-electron chi connectivity index (χ0n) is 15.1. The van der Waals surface area contributed by atoms with Gasteiger partial charge in [-0.2, -0.15) is 9.78 Å². The second-order valence-electron chi connectivity index (χ2n) is 7.14. The largest absolute Gasteiger partial charge is 0.348 e. The van der Waals surface area contributed by atoms with Gasteiger partial charge in [-0.15, -0.1) is 0 Å². The van der Waals surface area contributed by atoms with Gasteiger partial charge in [0.2, 0.25) is 5.92 Å². The number of aromatic nitrogens is 3. The van der Waals surface area contributed by atoms with Crippen LogP contribution in [0.15, 0.2) is 23.0 Å². The first-order chi connectivity index (χ1) is 13.6. The summed E-state index contributed by atoms with van der Waals surface area (Å²) >= 11 is 5.98. The molecule has 1 atom stereocenters. The smallest absolute Gasteiger partial charge is 0.278 e. The van der Waals surface area contributed by atoms with Crippen molar-refractivity contribution in [3.05, 3.63) is 50.9 Å². The van der Waals surface area contributed by atoms with Crippen LogP contribution in [0.4, 0.5) is 26.3 Å². The van der Waals surface area contributed by atoms with Crippen molar-refractivity contribution in [3.8, 4) is 0 Å². The van der Waals surface area contributed by atoms with E-state index in [0.717, 1.165) is 10.6 Å². The minimum Gasteiger partial charge on any atom is -0.278 e. The molecule has 2 aromatic rings. The molecule has 1 fully saturated rings. The Morgan fingerprint density at radius 3 is 2.45 bits per heavy atom. The SMILES string of the molecule is O=c1n(C(F)C(F)F)nc(Cc2c(F)cccc2Cl)n1CC1CCC(F)(F)CC1. The van der Waals surface area contributed by atoms with E-state index in [4.69, 9.17) is 11.6 Å². The molecule has 1 aromatic carbocycles. The van der Waals surface area contributed by atoms with Crippen LogP contribution in [0, 0.1) is 11.7 Å². The molecule has 0 N–H and O–H groups in total. The predicted molar refractivity (Wildman–Crippen MR) is 93.8 cm³/mol. The maximum atomic E-state index is 14.1. The first kappa shape index (κ1) is 21.7.